The largest absolute Gasteiger partial charge is 0.507 e. The fourth-order valence-electron chi connectivity index (χ4n) is 1.74. The monoisotopic (exact) mass is 229 g/mol. The Morgan fingerprint density at radius 1 is 1.41 bits per heavy atom. The zero-order chi connectivity index (χ0) is 12.3. The molecule has 0 aliphatic rings. The van der Waals surface area contributed by atoms with Gasteiger partial charge in [-0.3, -0.25) is 0 Å². The first-order valence-electron chi connectivity index (χ1n) is 5.59. The molecule has 88 valence electrons. The molecule has 0 aliphatic heterocycles. The molecule has 3 heteroatoms. The van der Waals surface area contributed by atoms with E-state index in [0.29, 0.717) is 11.4 Å². The maximum atomic E-state index is 9.93. The molecule has 1 heterocycles. The SMILES string of the molecule is CC/C=C(/O)c1cc2ccccc2nc1OC. The average molecular weight is 229 g/mol. The summed E-state index contributed by atoms with van der Waals surface area (Å²) < 4.78 is 5.21. The van der Waals surface area contributed by atoms with Gasteiger partial charge in [-0.25, -0.2) is 4.98 Å². The van der Waals surface area contributed by atoms with Crippen molar-refractivity contribution in [2.75, 3.05) is 7.11 Å². The predicted octanol–water partition coefficient (Wildman–Crippen LogP) is 3.55. The summed E-state index contributed by atoms with van der Waals surface area (Å²) in [6, 6.07) is 9.65. The van der Waals surface area contributed by atoms with Crippen molar-refractivity contribution in [1.29, 1.82) is 0 Å². The Hall–Kier alpha value is -2.03. The number of benzene rings is 1. The Bertz CT molecular complexity index is 561. The lowest BCUT2D eigenvalue weighted by molar-refractivity contribution is 0.393. The molecule has 0 unspecified atom stereocenters. The van der Waals surface area contributed by atoms with Crippen LogP contribution in [0.5, 0.6) is 5.88 Å². The Kier molecular flexibility index (Phi) is 3.28. The van der Waals surface area contributed by atoms with Gasteiger partial charge in [-0.2, -0.15) is 0 Å². The first-order valence-corrected chi connectivity index (χ1v) is 5.59. The van der Waals surface area contributed by atoms with E-state index in [4.69, 9.17) is 4.74 Å². The third kappa shape index (κ3) is 2.23. The molecular weight excluding hydrogens is 214 g/mol. The summed E-state index contributed by atoms with van der Waals surface area (Å²) in [6.45, 7) is 1.97. The molecule has 1 N–H and O–H groups in total. The molecule has 0 radical (unpaired) electrons. The first kappa shape index (κ1) is 11.5. The number of fused-ring (bicyclic) bond motifs is 1. The van der Waals surface area contributed by atoms with Gasteiger partial charge in [-0.15, -0.1) is 0 Å². The molecule has 2 aromatic rings. The number of hydrogen-bond donors (Lipinski definition) is 1. The van der Waals surface area contributed by atoms with Crippen LogP contribution in [0.25, 0.3) is 16.7 Å². The van der Waals surface area contributed by atoms with Crippen LogP contribution in [0.2, 0.25) is 0 Å². The van der Waals surface area contributed by atoms with Crippen molar-refractivity contribution in [1.82, 2.24) is 4.98 Å². The van der Waals surface area contributed by atoms with E-state index in [0.717, 1.165) is 17.3 Å². The topological polar surface area (TPSA) is 42.4 Å². The Morgan fingerprint density at radius 2 is 2.18 bits per heavy atom. The average Bonchev–Trinajstić information content (AvgIpc) is 2.37. The van der Waals surface area contributed by atoms with E-state index >= 15 is 0 Å². The van der Waals surface area contributed by atoms with Crippen LogP contribution in [0.15, 0.2) is 36.4 Å². The van der Waals surface area contributed by atoms with E-state index in [1.165, 1.54) is 0 Å². The standard InChI is InChI=1S/C14H15NO2/c1-3-6-13(16)11-9-10-7-4-5-8-12(10)15-14(11)17-2/h4-9,16H,3H2,1-2H3/b13-6+. The van der Waals surface area contributed by atoms with Crippen molar-refractivity contribution in [3.63, 3.8) is 0 Å². The van der Waals surface area contributed by atoms with Crippen LogP contribution < -0.4 is 4.74 Å². The van der Waals surface area contributed by atoms with Crippen molar-refractivity contribution < 1.29 is 9.84 Å². The second-order valence-electron chi connectivity index (χ2n) is 3.74. The minimum atomic E-state index is 0.211. The van der Waals surface area contributed by atoms with E-state index in [2.05, 4.69) is 4.98 Å². The summed E-state index contributed by atoms with van der Waals surface area (Å²) in [4.78, 5) is 4.37. The number of aliphatic hydroxyl groups excluding tert-OH is 1. The summed E-state index contributed by atoms with van der Waals surface area (Å²) >= 11 is 0. The van der Waals surface area contributed by atoms with Crippen molar-refractivity contribution >= 4 is 16.7 Å². The lowest BCUT2D eigenvalue weighted by Crippen LogP contribution is -1.95. The molecule has 2 rings (SSSR count). The molecule has 0 fully saturated rings. The van der Waals surface area contributed by atoms with Crippen LogP contribution in [0.1, 0.15) is 18.9 Å². The van der Waals surface area contributed by atoms with Crippen molar-refractivity contribution in [3.8, 4) is 5.88 Å². The van der Waals surface area contributed by atoms with Gasteiger partial charge in [0.1, 0.15) is 5.76 Å². The maximum absolute atomic E-state index is 9.93. The van der Waals surface area contributed by atoms with Gasteiger partial charge in [-0.1, -0.05) is 25.1 Å². The van der Waals surface area contributed by atoms with Crippen LogP contribution in [0.3, 0.4) is 0 Å². The van der Waals surface area contributed by atoms with Crippen LogP contribution in [-0.4, -0.2) is 17.2 Å². The molecule has 1 aromatic heterocycles. The second-order valence-corrected chi connectivity index (χ2v) is 3.74. The number of para-hydroxylation sites is 1. The fraction of sp³-hybridized carbons (Fsp3) is 0.214. The smallest absolute Gasteiger partial charge is 0.224 e. The number of methoxy groups -OCH3 is 1. The number of ether oxygens (including phenoxy) is 1. The van der Waals surface area contributed by atoms with Crippen molar-refractivity contribution in [2.24, 2.45) is 0 Å². The highest BCUT2D eigenvalue weighted by Crippen LogP contribution is 2.26. The third-order valence-corrected chi connectivity index (χ3v) is 2.56. The molecule has 0 amide bonds. The molecule has 1 aromatic carbocycles. The molecule has 0 aliphatic carbocycles. The van der Waals surface area contributed by atoms with Crippen LogP contribution in [0, 0.1) is 0 Å². The van der Waals surface area contributed by atoms with E-state index in [1.54, 1.807) is 13.2 Å². The van der Waals surface area contributed by atoms with Gasteiger partial charge in [-0.05, 0) is 24.6 Å². The lowest BCUT2D eigenvalue weighted by Gasteiger charge is -2.08. The molecular formula is C14H15NO2. The number of nitrogens with zero attached hydrogens (tertiary/aromatic N) is 1. The van der Waals surface area contributed by atoms with Gasteiger partial charge in [0.15, 0.2) is 0 Å². The molecule has 0 saturated heterocycles. The Balaban J connectivity index is 2.65. The number of allylic oxidation sites excluding steroid dienone is 1. The van der Waals surface area contributed by atoms with Gasteiger partial charge in [0.25, 0.3) is 0 Å². The minimum Gasteiger partial charge on any atom is -0.507 e. The second kappa shape index (κ2) is 4.87. The highest BCUT2D eigenvalue weighted by atomic mass is 16.5. The first-order chi connectivity index (χ1) is 8.26. The summed E-state index contributed by atoms with van der Waals surface area (Å²) in [5.41, 5.74) is 1.49. The predicted molar refractivity (Wildman–Crippen MR) is 69.2 cm³/mol. The van der Waals surface area contributed by atoms with E-state index in [1.807, 2.05) is 37.3 Å². The van der Waals surface area contributed by atoms with E-state index < -0.39 is 0 Å². The summed E-state index contributed by atoms with van der Waals surface area (Å²) in [5.74, 6) is 0.661. The highest BCUT2D eigenvalue weighted by Gasteiger charge is 2.10. The summed E-state index contributed by atoms with van der Waals surface area (Å²) in [5, 5.41) is 10.9. The zero-order valence-corrected chi connectivity index (χ0v) is 9.97. The molecule has 3 nitrogen and oxygen atoms in total. The van der Waals surface area contributed by atoms with E-state index in [9.17, 15) is 5.11 Å². The molecule has 0 spiro atoms. The van der Waals surface area contributed by atoms with Crippen molar-refractivity contribution in [2.45, 2.75) is 13.3 Å². The lowest BCUT2D eigenvalue weighted by atomic mass is 10.1. The van der Waals surface area contributed by atoms with Gasteiger partial charge in [0, 0.05) is 5.39 Å². The van der Waals surface area contributed by atoms with Crippen LogP contribution in [0.4, 0.5) is 0 Å². The number of rotatable bonds is 3. The molecule has 0 bridgehead atoms. The quantitative estimate of drug-likeness (QED) is 0.818. The van der Waals surface area contributed by atoms with Crippen molar-refractivity contribution in [3.05, 3.63) is 42.0 Å². The number of pyridine rings is 1. The zero-order valence-electron chi connectivity index (χ0n) is 9.97. The third-order valence-electron chi connectivity index (χ3n) is 2.56. The number of aliphatic hydroxyl groups is 1. The normalized spacial score (nSPS) is 11.8. The van der Waals surface area contributed by atoms with Gasteiger partial charge < -0.3 is 9.84 Å². The maximum Gasteiger partial charge on any atom is 0.224 e. The fourth-order valence-corrected chi connectivity index (χ4v) is 1.74. The van der Waals surface area contributed by atoms with Gasteiger partial charge in [0.05, 0.1) is 18.2 Å². The van der Waals surface area contributed by atoms with Gasteiger partial charge in [0.2, 0.25) is 5.88 Å². The molecule has 0 saturated carbocycles. The van der Waals surface area contributed by atoms with Gasteiger partial charge >= 0.3 is 0 Å². The molecule has 17 heavy (non-hydrogen) atoms. The Morgan fingerprint density at radius 3 is 2.88 bits per heavy atom. The number of aromatic nitrogens is 1. The minimum absolute atomic E-state index is 0.211. The highest BCUT2D eigenvalue weighted by molar-refractivity contribution is 5.83. The summed E-state index contributed by atoms with van der Waals surface area (Å²) in [6.07, 6.45) is 2.51. The number of hydrogen-bond acceptors (Lipinski definition) is 3. The Labute approximate surface area is 100 Å². The van der Waals surface area contributed by atoms with Crippen LogP contribution >= 0.6 is 0 Å². The summed E-state index contributed by atoms with van der Waals surface area (Å²) in [7, 11) is 1.56. The van der Waals surface area contributed by atoms with Crippen LogP contribution in [-0.2, 0) is 0 Å². The van der Waals surface area contributed by atoms with E-state index in [-0.39, 0.29) is 5.76 Å². The molecule has 0 atom stereocenters.